The molecule has 0 aliphatic carbocycles. The molecular weight excluding hydrogens is 316 g/mol. The number of aryl methyl sites for hydroxylation is 1. The number of hydrogen-bond donors (Lipinski definition) is 0. The summed E-state index contributed by atoms with van der Waals surface area (Å²) in [6, 6.07) is 3.83. The van der Waals surface area contributed by atoms with Crippen LogP contribution in [-0.4, -0.2) is 47.1 Å². The van der Waals surface area contributed by atoms with Crippen LogP contribution in [0.5, 0.6) is 0 Å². The zero-order chi connectivity index (χ0) is 17.8. The fourth-order valence-corrected chi connectivity index (χ4v) is 3.27. The number of nitrogens with zero attached hydrogens (tertiary/aromatic N) is 4. The molecule has 1 aliphatic heterocycles. The first-order chi connectivity index (χ1) is 12.0. The third-order valence-corrected chi connectivity index (χ3v) is 4.50. The topological polar surface area (TPSA) is 62.5 Å². The van der Waals surface area contributed by atoms with Gasteiger partial charge in [-0.1, -0.05) is 19.0 Å². The van der Waals surface area contributed by atoms with Crippen molar-refractivity contribution in [3.63, 3.8) is 0 Å². The highest BCUT2D eigenvalue weighted by atomic mass is 16.5. The third-order valence-electron chi connectivity index (χ3n) is 4.50. The number of rotatable bonds is 4. The van der Waals surface area contributed by atoms with Gasteiger partial charge in [-0.2, -0.15) is 0 Å². The maximum Gasteiger partial charge on any atom is 0.292 e. The van der Waals surface area contributed by atoms with E-state index in [2.05, 4.69) is 35.8 Å². The van der Waals surface area contributed by atoms with Crippen LogP contribution < -0.4 is 4.90 Å². The minimum Gasteiger partial charge on any atom is -0.369 e. The Labute approximate surface area is 148 Å². The van der Waals surface area contributed by atoms with Crippen LogP contribution in [0, 0.1) is 12.8 Å². The number of anilines is 1. The van der Waals surface area contributed by atoms with Crippen molar-refractivity contribution in [2.75, 3.05) is 31.1 Å². The summed E-state index contributed by atoms with van der Waals surface area (Å²) in [6.45, 7) is 9.48. The first-order valence-corrected chi connectivity index (χ1v) is 8.95. The third kappa shape index (κ3) is 4.18. The molecule has 25 heavy (non-hydrogen) atoms. The Hall–Kier alpha value is -2.37. The lowest BCUT2D eigenvalue weighted by Crippen LogP contribution is -2.35. The Morgan fingerprint density at radius 1 is 1.28 bits per heavy atom. The van der Waals surface area contributed by atoms with Crippen molar-refractivity contribution >= 4 is 11.6 Å². The molecule has 1 aliphatic rings. The fourth-order valence-electron chi connectivity index (χ4n) is 3.27. The van der Waals surface area contributed by atoms with E-state index < -0.39 is 0 Å². The smallest absolute Gasteiger partial charge is 0.292 e. The van der Waals surface area contributed by atoms with Gasteiger partial charge in [0, 0.05) is 50.3 Å². The van der Waals surface area contributed by atoms with Crippen LogP contribution in [0.15, 0.2) is 29.0 Å². The van der Waals surface area contributed by atoms with Gasteiger partial charge in [0.25, 0.3) is 5.91 Å². The molecule has 3 heterocycles. The van der Waals surface area contributed by atoms with Gasteiger partial charge in [0.05, 0.1) is 5.69 Å². The van der Waals surface area contributed by atoms with E-state index in [1.54, 1.807) is 6.07 Å². The predicted molar refractivity (Wildman–Crippen MR) is 96.8 cm³/mol. The predicted octanol–water partition coefficient (Wildman–Crippen LogP) is 2.93. The molecular formula is C19H26N4O2. The van der Waals surface area contributed by atoms with Crippen molar-refractivity contribution < 1.29 is 9.32 Å². The first kappa shape index (κ1) is 17.5. The second kappa shape index (κ2) is 7.68. The minimum absolute atomic E-state index is 0.0594. The monoisotopic (exact) mass is 342 g/mol. The van der Waals surface area contributed by atoms with Crippen molar-refractivity contribution in [3.8, 4) is 0 Å². The summed E-state index contributed by atoms with van der Waals surface area (Å²) in [5.74, 6) is 0.781. The highest BCUT2D eigenvalue weighted by Gasteiger charge is 2.24. The summed E-state index contributed by atoms with van der Waals surface area (Å²) in [6.07, 6.45) is 5.46. The second-order valence-corrected chi connectivity index (χ2v) is 7.08. The van der Waals surface area contributed by atoms with E-state index in [0.29, 0.717) is 18.2 Å². The molecule has 0 aromatic carbocycles. The summed E-state index contributed by atoms with van der Waals surface area (Å²) in [7, 11) is 0. The van der Waals surface area contributed by atoms with Crippen molar-refractivity contribution in [1.29, 1.82) is 0 Å². The highest BCUT2D eigenvalue weighted by Crippen LogP contribution is 2.21. The molecule has 2 aromatic heterocycles. The van der Waals surface area contributed by atoms with E-state index in [0.717, 1.165) is 43.7 Å². The van der Waals surface area contributed by atoms with Gasteiger partial charge in [0.1, 0.15) is 0 Å². The van der Waals surface area contributed by atoms with Crippen LogP contribution in [0.1, 0.15) is 42.1 Å². The van der Waals surface area contributed by atoms with Crippen molar-refractivity contribution in [2.24, 2.45) is 5.92 Å². The van der Waals surface area contributed by atoms with Crippen molar-refractivity contribution in [3.05, 3.63) is 41.5 Å². The zero-order valence-corrected chi connectivity index (χ0v) is 15.2. The molecule has 0 bridgehead atoms. The van der Waals surface area contributed by atoms with Gasteiger partial charge in [-0.25, -0.2) is 0 Å². The number of hydrogen-bond acceptors (Lipinski definition) is 5. The lowest BCUT2D eigenvalue weighted by molar-refractivity contribution is 0.0725. The Kier molecular flexibility index (Phi) is 5.36. The number of amides is 1. The van der Waals surface area contributed by atoms with Crippen molar-refractivity contribution in [1.82, 2.24) is 15.0 Å². The fraction of sp³-hybridized carbons (Fsp3) is 0.526. The van der Waals surface area contributed by atoms with Gasteiger partial charge in [0.15, 0.2) is 0 Å². The molecule has 0 saturated carbocycles. The van der Waals surface area contributed by atoms with Crippen LogP contribution in [0.2, 0.25) is 0 Å². The van der Waals surface area contributed by atoms with Gasteiger partial charge >= 0.3 is 0 Å². The number of pyridine rings is 1. The Bertz CT molecular complexity index is 726. The zero-order valence-electron chi connectivity index (χ0n) is 15.2. The summed E-state index contributed by atoms with van der Waals surface area (Å²) in [5.41, 5.74) is 3.21. The number of carbonyl (C=O) groups is 1. The molecule has 0 spiro atoms. The summed E-state index contributed by atoms with van der Waals surface area (Å²) < 4.78 is 5.29. The Morgan fingerprint density at radius 3 is 2.88 bits per heavy atom. The van der Waals surface area contributed by atoms with E-state index in [9.17, 15) is 4.79 Å². The minimum atomic E-state index is -0.0594. The molecule has 0 N–H and O–H groups in total. The van der Waals surface area contributed by atoms with Gasteiger partial charge in [-0.3, -0.25) is 9.78 Å². The van der Waals surface area contributed by atoms with E-state index in [4.69, 9.17) is 4.52 Å². The standard InChI is InChI=1S/C19H26N4O2/c1-14(2)11-16-12-18(25-21-16)19(24)23-8-4-7-22(9-10-23)17-5-6-20-13-15(17)3/h5-6,12-14H,4,7-11H2,1-3H3. The molecule has 6 nitrogen and oxygen atoms in total. The van der Waals surface area contributed by atoms with Crippen LogP contribution in [0.25, 0.3) is 0 Å². The van der Waals surface area contributed by atoms with Gasteiger partial charge in [0.2, 0.25) is 5.76 Å². The maximum atomic E-state index is 12.7. The second-order valence-electron chi connectivity index (χ2n) is 7.08. The molecule has 1 amide bonds. The molecule has 2 aromatic rings. The Balaban J connectivity index is 1.65. The van der Waals surface area contributed by atoms with Crippen LogP contribution in [-0.2, 0) is 6.42 Å². The average Bonchev–Trinajstić information content (AvgIpc) is 2.90. The van der Waals surface area contributed by atoms with Crippen LogP contribution in [0.3, 0.4) is 0 Å². The van der Waals surface area contributed by atoms with Gasteiger partial charge < -0.3 is 14.3 Å². The molecule has 0 atom stereocenters. The highest BCUT2D eigenvalue weighted by molar-refractivity contribution is 5.91. The van der Waals surface area contributed by atoms with Crippen LogP contribution >= 0.6 is 0 Å². The molecule has 1 saturated heterocycles. The van der Waals surface area contributed by atoms with Gasteiger partial charge in [-0.15, -0.1) is 0 Å². The lowest BCUT2D eigenvalue weighted by Gasteiger charge is -2.24. The SMILES string of the molecule is Cc1cnccc1N1CCCN(C(=O)c2cc(CC(C)C)no2)CC1. The summed E-state index contributed by atoms with van der Waals surface area (Å²) >= 11 is 0. The molecule has 134 valence electrons. The molecule has 3 rings (SSSR count). The average molecular weight is 342 g/mol. The molecule has 6 heteroatoms. The lowest BCUT2D eigenvalue weighted by atomic mass is 10.1. The largest absolute Gasteiger partial charge is 0.369 e. The maximum absolute atomic E-state index is 12.7. The van der Waals surface area contributed by atoms with Gasteiger partial charge in [-0.05, 0) is 37.3 Å². The Morgan fingerprint density at radius 2 is 2.12 bits per heavy atom. The quantitative estimate of drug-likeness (QED) is 0.855. The van der Waals surface area contributed by atoms with E-state index in [1.807, 2.05) is 23.4 Å². The van der Waals surface area contributed by atoms with E-state index >= 15 is 0 Å². The van der Waals surface area contributed by atoms with E-state index in [-0.39, 0.29) is 5.91 Å². The van der Waals surface area contributed by atoms with E-state index in [1.165, 1.54) is 5.69 Å². The van der Waals surface area contributed by atoms with Crippen molar-refractivity contribution in [2.45, 2.75) is 33.6 Å². The summed E-state index contributed by atoms with van der Waals surface area (Å²) in [4.78, 5) is 21.1. The summed E-state index contributed by atoms with van der Waals surface area (Å²) in [5, 5.41) is 4.03. The molecule has 1 fully saturated rings. The number of aromatic nitrogens is 2. The molecule has 0 unspecified atom stereocenters. The first-order valence-electron chi connectivity index (χ1n) is 8.95. The normalized spacial score (nSPS) is 15.5. The number of carbonyl (C=O) groups excluding carboxylic acids is 1. The molecule has 0 radical (unpaired) electrons. The van der Waals surface area contributed by atoms with Crippen LogP contribution in [0.4, 0.5) is 5.69 Å².